The van der Waals surface area contributed by atoms with E-state index in [-0.39, 0.29) is 30.0 Å². The molecule has 1 fully saturated rings. The summed E-state index contributed by atoms with van der Waals surface area (Å²) in [5.74, 6) is -0.490. The molecule has 2 aromatic carbocycles. The maximum absolute atomic E-state index is 14.8. The first-order valence-electron chi connectivity index (χ1n) is 15.6. The summed E-state index contributed by atoms with van der Waals surface area (Å²) in [5.41, 5.74) is 1.98. The van der Waals surface area contributed by atoms with Crippen LogP contribution in [0.15, 0.2) is 42.5 Å². The number of carbonyl (C=O) groups excluding carboxylic acids is 3. The third kappa shape index (κ3) is 9.73. The Kier molecular flexibility index (Phi) is 11.3. The van der Waals surface area contributed by atoms with Gasteiger partial charge in [-0.2, -0.15) is 0 Å². The van der Waals surface area contributed by atoms with Crippen LogP contribution in [0.1, 0.15) is 108 Å². The van der Waals surface area contributed by atoms with Gasteiger partial charge in [0.1, 0.15) is 23.4 Å². The summed E-state index contributed by atoms with van der Waals surface area (Å²) in [6, 6.07) is 10.7. The van der Waals surface area contributed by atoms with Crippen LogP contribution in [0.2, 0.25) is 0 Å². The molecule has 0 radical (unpaired) electrons. The first-order chi connectivity index (χ1) is 20.1. The Bertz CT molecular complexity index is 1240. The number of amides is 3. The SMILES string of the molecule is CCC(C)(C)N(C(=O)C(Cc1ccc(O)cc1)NC(=O)OC(C)(C)C)C(C(=O)NC1CCCCC1)c1cc(C)cc(C)c1. The van der Waals surface area contributed by atoms with E-state index in [9.17, 15) is 19.5 Å². The highest BCUT2D eigenvalue weighted by atomic mass is 16.6. The molecule has 0 aliphatic heterocycles. The van der Waals surface area contributed by atoms with Gasteiger partial charge in [-0.3, -0.25) is 9.59 Å². The van der Waals surface area contributed by atoms with Gasteiger partial charge in [0.15, 0.2) is 0 Å². The molecule has 0 bridgehead atoms. The fourth-order valence-electron chi connectivity index (χ4n) is 5.74. The number of aryl methyl sites for hydroxylation is 2. The first-order valence-corrected chi connectivity index (χ1v) is 15.6. The summed E-state index contributed by atoms with van der Waals surface area (Å²) in [6.45, 7) is 15.2. The molecule has 1 saturated carbocycles. The minimum absolute atomic E-state index is 0.0593. The average Bonchev–Trinajstić information content (AvgIpc) is 2.91. The summed E-state index contributed by atoms with van der Waals surface area (Å²) >= 11 is 0. The normalized spacial score (nSPS) is 15.7. The lowest BCUT2D eigenvalue weighted by molar-refractivity contribution is -0.149. The second-order valence-corrected chi connectivity index (χ2v) is 13.6. The molecule has 0 spiro atoms. The maximum atomic E-state index is 14.8. The molecule has 3 N–H and O–H groups in total. The van der Waals surface area contributed by atoms with E-state index in [1.807, 2.05) is 46.8 Å². The fraction of sp³-hybridized carbons (Fsp3) is 0.571. The van der Waals surface area contributed by atoms with Crippen molar-refractivity contribution in [1.82, 2.24) is 15.5 Å². The smallest absolute Gasteiger partial charge is 0.408 e. The predicted octanol–water partition coefficient (Wildman–Crippen LogP) is 6.65. The van der Waals surface area contributed by atoms with Crippen molar-refractivity contribution in [2.24, 2.45) is 0 Å². The molecule has 8 nitrogen and oxygen atoms in total. The maximum Gasteiger partial charge on any atom is 0.408 e. The van der Waals surface area contributed by atoms with Crippen LogP contribution in [0.3, 0.4) is 0 Å². The zero-order valence-electron chi connectivity index (χ0n) is 27.3. The number of benzene rings is 2. The Morgan fingerprint density at radius 3 is 2.07 bits per heavy atom. The van der Waals surface area contributed by atoms with Crippen LogP contribution in [-0.4, -0.2) is 51.1 Å². The van der Waals surface area contributed by atoms with Crippen molar-refractivity contribution >= 4 is 17.9 Å². The van der Waals surface area contributed by atoms with Gasteiger partial charge in [0.05, 0.1) is 0 Å². The lowest BCUT2D eigenvalue weighted by atomic mass is 9.89. The number of nitrogens with zero attached hydrogens (tertiary/aromatic N) is 1. The molecular weight excluding hydrogens is 542 g/mol. The summed E-state index contributed by atoms with van der Waals surface area (Å²) in [5, 5.41) is 15.9. The zero-order chi connectivity index (χ0) is 31.9. The van der Waals surface area contributed by atoms with Gasteiger partial charge >= 0.3 is 6.09 Å². The van der Waals surface area contributed by atoms with E-state index in [0.717, 1.165) is 54.4 Å². The molecule has 8 heteroatoms. The van der Waals surface area contributed by atoms with Gasteiger partial charge in [-0.1, -0.05) is 67.6 Å². The van der Waals surface area contributed by atoms with Crippen LogP contribution < -0.4 is 10.6 Å². The Morgan fingerprint density at radius 1 is 0.953 bits per heavy atom. The number of carbonyl (C=O) groups is 3. The van der Waals surface area contributed by atoms with Crippen molar-refractivity contribution in [3.05, 3.63) is 64.7 Å². The molecule has 2 atom stereocenters. The first kappa shape index (κ1) is 33.9. The van der Waals surface area contributed by atoms with E-state index in [4.69, 9.17) is 4.74 Å². The number of aromatic hydroxyl groups is 1. The number of hydrogen-bond acceptors (Lipinski definition) is 5. The third-order valence-electron chi connectivity index (χ3n) is 8.14. The van der Waals surface area contributed by atoms with Gasteiger partial charge in [0.2, 0.25) is 11.8 Å². The number of rotatable bonds is 10. The number of phenols is 1. The number of nitrogens with one attached hydrogen (secondary N) is 2. The van der Waals surface area contributed by atoms with Gasteiger partial charge in [-0.25, -0.2) is 4.79 Å². The van der Waals surface area contributed by atoms with Gasteiger partial charge in [-0.05, 0) is 91.0 Å². The molecule has 1 aliphatic rings. The Hall–Kier alpha value is -3.55. The molecule has 3 rings (SSSR count). The third-order valence-corrected chi connectivity index (χ3v) is 8.14. The Balaban J connectivity index is 2.12. The van der Waals surface area contributed by atoms with Gasteiger partial charge in [0, 0.05) is 18.0 Å². The molecule has 0 saturated heterocycles. The average molecular weight is 594 g/mol. The molecule has 3 amide bonds. The lowest BCUT2D eigenvalue weighted by Crippen LogP contribution is -2.60. The van der Waals surface area contributed by atoms with Crippen LogP contribution >= 0.6 is 0 Å². The molecule has 43 heavy (non-hydrogen) atoms. The second-order valence-electron chi connectivity index (χ2n) is 13.6. The van der Waals surface area contributed by atoms with Gasteiger partial charge in [-0.15, -0.1) is 0 Å². The van der Waals surface area contributed by atoms with Crippen LogP contribution in [-0.2, 0) is 20.7 Å². The molecule has 0 aromatic heterocycles. The summed E-state index contributed by atoms with van der Waals surface area (Å²) in [4.78, 5) is 43.9. The van der Waals surface area contributed by atoms with E-state index >= 15 is 0 Å². The van der Waals surface area contributed by atoms with Gasteiger partial charge < -0.3 is 25.4 Å². The summed E-state index contributed by atoms with van der Waals surface area (Å²) in [6.07, 6.45) is 5.14. The summed E-state index contributed by atoms with van der Waals surface area (Å²) < 4.78 is 5.55. The number of phenolic OH excluding ortho intramolecular Hbond substituents is 1. The largest absolute Gasteiger partial charge is 0.508 e. The van der Waals surface area contributed by atoms with Crippen molar-refractivity contribution in [2.75, 3.05) is 0 Å². The van der Waals surface area contributed by atoms with Crippen LogP contribution in [0.5, 0.6) is 5.75 Å². The molecule has 0 heterocycles. The predicted molar refractivity (Wildman–Crippen MR) is 170 cm³/mol. The second kappa shape index (κ2) is 14.3. The monoisotopic (exact) mass is 593 g/mol. The fourth-order valence-corrected chi connectivity index (χ4v) is 5.74. The van der Waals surface area contributed by atoms with E-state index in [1.165, 1.54) is 0 Å². The van der Waals surface area contributed by atoms with Crippen molar-refractivity contribution in [1.29, 1.82) is 0 Å². The van der Waals surface area contributed by atoms with Crippen LogP contribution in [0.4, 0.5) is 4.79 Å². The number of alkyl carbamates (subject to hydrolysis) is 1. The minimum Gasteiger partial charge on any atom is -0.508 e. The van der Waals surface area contributed by atoms with Crippen molar-refractivity contribution < 1.29 is 24.2 Å². The number of ether oxygens (including phenoxy) is 1. The zero-order valence-corrected chi connectivity index (χ0v) is 27.3. The number of hydrogen-bond donors (Lipinski definition) is 3. The summed E-state index contributed by atoms with van der Waals surface area (Å²) in [7, 11) is 0. The highest BCUT2D eigenvalue weighted by Gasteiger charge is 2.43. The van der Waals surface area contributed by atoms with Crippen molar-refractivity contribution in [3.63, 3.8) is 0 Å². The molecule has 2 aromatic rings. The quantitative estimate of drug-likeness (QED) is 0.286. The van der Waals surface area contributed by atoms with Crippen LogP contribution in [0.25, 0.3) is 0 Å². The Labute approximate surface area is 257 Å². The molecular formula is C35H51N3O5. The minimum atomic E-state index is -1.03. The Morgan fingerprint density at radius 2 is 1.53 bits per heavy atom. The molecule has 2 unspecified atom stereocenters. The van der Waals surface area contributed by atoms with Gasteiger partial charge in [0.25, 0.3) is 0 Å². The van der Waals surface area contributed by atoms with Crippen LogP contribution in [0, 0.1) is 13.8 Å². The lowest BCUT2D eigenvalue weighted by Gasteiger charge is -2.45. The highest BCUT2D eigenvalue weighted by molar-refractivity contribution is 5.93. The highest BCUT2D eigenvalue weighted by Crippen LogP contribution is 2.34. The van der Waals surface area contributed by atoms with Crippen molar-refractivity contribution in [3.8, 4) is 5.75 Å². The molecule has 236 valence electrons. The van der Waals surface area contributed by atoms with Crippen molar-refractivity contribution in [2.45, 2.75) is 130 Å². The van der Waals surface area contributed by atoms with E-state index in [2.05, 4.69) is 16.7 Å². The topological polar surface area (TPSA) is 108 Å². The van der Waals surface area contributed by atoms with E-state index < -0.39 is 29.3 Å². The standard InChI is InChI=1S/C35H51N3O5/c1-9-35(7,8)38(30(26-20-23(2)19-24(3)21-26)31(40)36-27-13-11-10-12-14-27)32(41)29(37-33(42)43-34(4,5)6)22-25-15-17-28(39)18-16-25/h15-21,27,29-30,39H,9-14,22H2,1-8H3,(H,36,40)(H,37,42). The van der Waals surface area contributed by atoms with E-state index in [0.29, 0.717) is 6.42 Å². The van der Waals surface area contributed by atoms with E-state index in [1.54, 1.807) is 49.9 Å². The molecule has 1 aliphatic carbocycles.